The molecule has 3 N–H and O–H groups in total. The number of carboxylic acid groups (broad SMARTS) is 1. The van der Waals surface area contributed by atoms with Gasteiger partial charge in [0.2, 0.25) is 10.0 Å². The molecular weight excluding hydrogens is 588 g/mol. The Bertz CT molecular complexity index is 1540. The summed E-state index contributed by atoms with van der Waals surface area (Å²) in [5.41, 5.74) is 4.63. The van der Waals surface area contributed by atoms with E-state index in [0.29, 0.717) is 18.4 Å². The summed E-state index contributed by atoms with van der Waals surface area (Å²) < 4.78 is 35.8. The zero-order chi connectivity index (χ0) is 30.5. The molecule has 43 heavy (non-hydrogen) atoms. The topological polar surface area (TPSA) is 119 Å². The fourth-order valence-electron chi connectivity index (χ4n) is 7.93. The zero-order valence-electron chi connectivity index (χ0n) is 24.8. The average Bonchev–Trinajstić information content (AvgIpc) is 3.05. The van der Waals surface area contributed by atoms with Gasteiger partial charge in [-0.1, -0.05) is 30.7 Å². The molecule has 3 aliphatic carbocycles. The summed E-state index contributed by atoms with van der Waals surface area (Å²) in [7, 11) is -1.75. The van der Waals surface area contributed by atoms with Gasteiger partial charge in [-0.05, 0) is 109 Å². The molecule has 2 aromatic carbocycles. The molecule has 1 heterocycles. The Morgan fingerprint density at radius 1 is 1.26 bits per heavy atom. The van der Waals surface area contributed by atoms with E-state index in [1.54, 1.807) is 25.3 Å². The summed E-state index contributed by atoms with van der Waals surface area (Å²) in [6, 6.07) is 11.4. The second kappa shape index (κ2) is 11.7. The maximum Gasteiger partial charge on any atom is 0.335 e. The van der Waals surface area contributed by atoms with Crippen molar-refractivity contribution in [3.63, 3.8) is 0 Å². The number of rotatable bonds is 9. The van der Waals surface area contributed by atoms with E-state index in [4.69, 9.17) is 26.2 Å². The summed E-state index contributed by atoms with van der Waals surface area (Å²) in [6.07, 6.45) is 8.12. The Morgan fingerprint density at radius 2 is 2.05 bits per heavy atom. The van der Waals surface area contributed by atoms with Gasteiger partial charge in [-0.3, -0.25) is 0 Å². The molecule has 0 unspecified atom stereocenters. The molecule has 1 fully saturated rings. The second-order valence-electron chi connectivity index (χ2n) is 13.2. The first kappa shape index (κ1) is 30.4. The van der Waals surface area contributed by atoms with E-state index in [2.05, 4.69) is 23.1 Å². The van der Waals surface area contributed by atoms with Crippen molar-refractivity contribution in [2.45, 2.75) is 57.0 Å². The monoisotopic (exact) mass is 628 g/mol. The van der Waals surface area contributed by atoms with Crippen LogP contribution in [0.4, 0.5) is 5.69 Å². The van der Waals surface area contributed by atoms with Gasteiger partial charge in [-0.2, -0.15) is 0 Å². The van der Waals surface area contributed by atoms with Crippen molar-refractivity contribution in [3.05, 3.63) is 69.8 Å². The molecule has 0 saturated heterocycles. The number of primary sulfonamides is 1. The number of anilines is 1. The quantitative estimate of drug-likeness (QED) is 0.356. The molecule has 1 aliphatic heterocycles. The van der Waals surface area contributed by atoms with Gasteiger partial charge < -0.3 is 19.5 Å². The fourth-order valence-corrected chi connectivity index (χ4v) is 9.11. The number of nitrogens with two attached hydrogens (primary N) is 1. The minimum absolute atomic E-state index is 0.0169. The lowest BCUT2D eigenvalue weighted by Crippen LogP contribution is -2.50. The van der Waals surface area contributed by atoms with Crippen molar-refractivity contribution in [1.82, 2.24) is 0 Å². The lowest BCUT2D eigenvalue weighted by molar-refractivity contribution is -0.000283. The number of hydrogen-bond donors (Lipinski definition) is 2. The average molecular weight is 629 g/mol. The molecule has 8 nitrogen and oxygen atoms in total. The molecule has 0 bridgehead atoms. The number of aryl methyl sites for hydroxylation is 1. The minimum Gasteiger partial charge on any atom is -0.490 e. The highest BCUT2D eigenvalue weighted by Gasteiger charge is 2.46. The molecule has 6 rings (SSSR count). The molecule has 0 aromatic heterocycles. The SMILES string of the molecule is CO[C@@H](C1=C[C@@H]([C@H](C)CS(N)(=O)=O)C1)[C@@H]1CC[C@H]1CN1C[C@@]2(CCCc3cc(Cl)ccc32)COc2ccc(C(=O)O)cc21. The number of carbonyl (C=O) groups is 1. The van der Waals surface area contributed by atoms with Crippen LogP contribution in [0.3, 0.4) is 0 Å². The zero-order valence-corrected chi connectivity index (χ0v) is 26.4. The third kappa shape index (κ3) is 6.06. The van der Waals surface area contributed by atoms with Crippen molar-refractivity contribution >= 4 is 33.3 Å². The first-order valence-electron chi connectivity index (χ1n) is 15.2. The molecule has 1 spiro atoms. The largest absolute Gasteiger partial charge is 0.490 e. The summed E-state index contributed by atoms with van der Waals surface area (Å²) in [5, 5.41) is 15.8. The number of nitrogens with zero attached hydrogens (tertiary/aromatic N) is 1. The maximum atomic E-state index is 12.0. The number of halogens is 1. The third-order valence-corrected chi connectivity index (χ3v) is 11.6. The molecule has 4 aliphatic rings. The van der Waals surface area contributed by atoms with E-state index in [1.807, 2.05) is 13.0 Å². The van der Waals surface area contributed by atoms with E-state index in [1.165, 1.54) is 16.7 Å². The Morgan fingerprint density at radius 3 is 2.72 bits per heavy atom. The van der Waals surface area contributed by atoms with Crippen LogP contribution in [0.25, 0.3) is 0 Å². The number of methoxy groups -OCH3 is 1. The summed E-state index contributed by atoms with van der Waals surface area (Å²) in [4.78, 5) is 14.3. The highest BCUT2D eigenvalue weighted by atomic mass is 35.5. The Balaban J connectivity index is 1.27. The molecule has 2 aromatic rings. The van der Waals surface area contributed by atoms with E-state index >= 15 is 0 Å². The number of sulfonamides is 1. The van der Waals surface area contributed by atoms with Gasteiger partial charge in [0.25, 0.3) is 0 Å². The van der Waals surface area contributed by atoms with E-state index in [0.717, 1.165) is 68.1 Å². The molecule has 6 atom stereocenters. The highest BCUT2D eigenvalue weighted by molar-refractivity contribution is 7.89. The third-order valence-electron chi connectivity index (χ3n) is 10.3. The summed E-state index contributed by atoms with van der Waals surface area (Å²) in [5.74, 6) is 0.588. The van der Waals surface area contributed by atoms with Gasteiger partial charge in [0.05, 0.1) is 29.7 Å². The number of carboxylic acids is 1. The number of benzene rings is 2. The Hall–Kier alpha value is -2.59. The predicted molar refractivity (Wildman–Crippen MR) is 168 cm³/mol. The van der Waals surface area contributed by atoms with Crippen LogP contribution in [0.2, 0.25) is 5.02 Å². The van der Waals surface area contributed by atoms with Crippen LogP contribution < -0.4 is 14.8 Å². The second-order valence-corrected chi connectivity index (χ2v) is 15.3. The smallest absolute Gasteiger partial charge is 0.335 e. The van der Waals surface area contributed by atoms with Gasteiger partial charge in [-0.25, -0.2) is 18.4 Å². The number of ether oxygens (including phenoxy) is 2. The lowest BCUT2D eigenvalue weighted by atomic mass is 9.64. The van der Waals surface area contributed by atoms with Crippen LogP contribution >= 0.6 is 11.6 Å². The predicted octanol–water partition coefficient (Wildman–Crippen LogP) is 5.42. The summed E-state index contributed by atoms with van der Waals surface area (Å²) >= 11 is 6.39. The van der Waals surface area contributed by atoms with Crippen molar-refractivity contribution in [1.29, 1.82) is 0 Å². The minimum atomic E-state index is -3.51. The first-order valence-corrected chi connectivity index (χ1v) is 17.3. The van der Waals surface area contributed by atoms with Gasteiger partial charge in [-0.15, -0.1) is 0 Å². The molecule has 0 radical (unpaired) electrons. The number of hydrogen-bond acceptors (Lipinski definition) is 6. The number of aromatic carboxylic acids is 1. The van der Waals surface area contributed by atoms with Crippen LogP contribution in [0.15, 0.2) is 48.0 Å². The van der Waals surface area contributed by atoms with Crippen LogP contribution in [0.5, 0.6) is 5.75 Å². The normalized spacial score (nSPS) is 27.9. The van der Waals surface area contributed by atoms with Gasteiger partial charge in [0.1, 0.15) is 5.75 Å². The van der Waals surface area contributed by atoms with Crippen molar-refractivity contribution in [2.24, 2.45) is 28.8 Å². The van der Waals surface area contributed by atoms with Crippen molar-refractivity contribution in [3.8, 4) is 5.75 Å². The van der Waals surface area contributed by atoms with E-state index in [-0.39, 0.29) is 34.7 Å². The van der Waals surface area contributed by atoms with E-state index in [9.17, 15) is 18.3 Å². The Labute approximate surface area is 259 Å². The number of allylic oxidation sites excluding steroid dienone is 1. The van der Waals surface area contributed by atoms with Crippen LogP contribution in [0.1, 0.15) is 60.5 Å². The van der Waals surface area contributed by atoms with Crippen molar-refractivity contribution in [2.75, 3.05) is 37.5 Å². The molecule has 232 valence electrons. The summed E-state index contributed by atoms with van der Waals surface area (Å²) in [6.45, 7) is 3.96. The molecule has 10 heteroatoms. The van der Waals surface area contributed by atoms with Crippen LogP contribution in [-0.2, 0) is 26.6 Å². The van der Waals surface area contributed by atoms with Gasteiger partial charge in [0, 0.05) is 30.6 Å². The highest BCUT2D eigenvalue weighted by Crippen LogP contribution is 2.49. The first-order chi connectivity index (χ1) is 20.5. The van der Waals surface area contributed by atoms with E-state index < -0.39 is 16.0 Å². The van der Waals surface area contributed by atoms with Crippen molar-refractivity contribution < 1.29 is 27.8 Å². The van der Waals surface area contributed by atoms with Gasteiger partial charge >= 0.3 is 5.97 Å². The molecule has 1 saturated carbocycles. The standard InChI is InChI=1S/C33H41ClN2O6S/c1-20(17-43(35,39)40)24-12-25(13-24)31(41-2)27-8-5-23(27)16-36-18-33(11-3-4-21-14-26(34)7-9-28(21)33)19-42-30-10-6-22(32(37)38)15-29(30)36/h6-7,9-10,12,14-15,20,23-24,27,31H,3-5,8,11,13,16-19H2,1-2H3,(H,37,38)(H2,35,39,40)/t20-,23+,24-,27-,31+,33+/m1/s1. The lowest BCUT2D eigenvalue weighted by Gasteiger charge is -2.48. The maximum absolute atomic E-state index is 12.0. The van der Waals surface area contributed by atoms with Gasteiger partial charge in [0.15, 0.2) is 0 Å². The number of fused-ring (bicyclic) bond motifs is 3. The fraction of sp³-hybridized carbons (Fsp3) is 0.545. The Kier molecular flexibility index (Phi) is 8.30. The molecular formula is C33H41ClN2O6S. The molecule has 0 amide bonds. The van der Waals surface area contributed by atoms with Crippen LogP contribution in [-0.4, -0.2) is 58.2 Å². The van der Waals surface area contributed by atoms with Crippen LogP contribution in [0, 0.1) is 23.7 Å².